The van der Waals surface area contributed by atoms with E-state index in [9.17, 15) is 23.1 Å². The summed E-state index contributed by atoms with van der Waals surface area (Å²) in [5.41, 5.74) is 1.11. The number of carbonyl (C=O) groups is 1. The van der Waals surface area contributed by atoms with Crippen LogP contribution in [0.25, 0.3) is 21.0 Å². The molecule has 0 spiro atoms. The Balaban J connectivity index is 1.74. The Morgan fingerprint density at radius 3 is 2.60 bits per heavy atom. The summed E-state index contributed by atoms with van der Waals surface area (Å²) in [5, 5.41) is 15.0. The zero-order valence-electron chi connectivity index (χ0n) is 18.8. The third-order valence-corrected chi connectivity index (χ3v) is 8.80. The van der Waals surface area contributed by atoms with Gasteiger partial charge in [-0.3, -0.25) is 9.78 Å². The Hall–Kier alpha value is -3.83. The maximum atomic E-state index is 13.4. The quantitative estimate of drug-likeness (QED) is 0.373. The molecule has 0 amide bonds. The second-order valence-corrected chi connectivity index (χ2v) is 10.9. The van der Waals surface area contributed by atoms with Gasteiger partial charge in [0.2, 0.25) is 0 Å². The van der Waals surface area contributed by atoms with Crippen molar-refractivity contribution in [1.29, 1.82) is 0 Å². The molecule has 5 rings (SSSR count). The van der Waals surface area contributed by atoms with E-state index in [1.807, 2.05) is 6.92 Å². The van der Waals surface area contributed by atoms with Crippen LogP contribution in [0.5, 0.6) is 0 Å². The van der Waals surface area contributed by atoms with Gasteiger partial charge in [0.05, 0.1) is 31.8 Å². The molecule has 9 nitrogen and oxygen atoms in total. The highest BCUT2D eigenvalue weighted by Crippen LogP contribution is 2.35. The van der Waals surface area contributed by atoms with Gasteiger partial charge >= 0.3 is 5.97 Å². The number of hydrogen-bond acceptors (Lipinski definition) is 7. The maximum absolute atomic E-state index is 13.4. The molecule has 35 heavy (non-hydrogen) atoms. The lowest BCUT2D eigenvalue weighted by Gasteiger charge is -2.07. The summed E-state index contributed by atoms with van der Waals surface area (Å²) in [4.78, 5) is 29.9. The molecule has 0 unspecified atom stereocenters. The van der Waals surface area contributed by atoms with E-state index in [4.69, 9.17) is 0 Å². The van der Waals surface area contributed by atoms with Crippen LogP contribution < -0.4 is 5.56 Å². The summed E-state index contributed by atoms with van der Waals surface area (Å²) in [6.45, 7) is 1.89. The highest BCUT2D eigenvalue weighted by Gasteiger charge is 2.26. The predicted octanol–water partition coefficient (Wildman–Crippen LogP) is 3.43. The lowest BCUT2D eigenvalue weighted by atomic mass is 10.1. The first kappa shape index (κ1) is 22.9. The number of fused-ring (bicyclic) bond motifs is 2. The fraction of sp³-hybridized carbons (Fsp3) is 0.167. The average molecular weight is 509 g/mol. The molecule has 0 aliphatic heterocycles. The van der Waals surface area contributed by atoms with Crippen LogP contribution >= 0.6 is 11.3 Å². The van der Waals surface area contributed by atoms with Crippen LogP contribution in [0.2, 0.25) is 0 Å². The first-order chi connectivity index (χ1) is 16.7. The molecule has 1 aromatic carbocycles. The Labute approximate surface area is 204 Å². The molecule has 5 aromatic rings. The molecule has 0 aliphatic carbocycles. The molecule has 0 saturated heterocycles. The van der Waals surface area contributed by atoms with E-state index >= 15 is 0 Å². The molecule has 0 radical (unpaired) electrons. The fourth-order valence-electron chi connectivity index (χ4n) is 4.23. The lowest BCUT2D eigenvalue weighted by Crippen LogP contribution is -2.22. The topological polar surface area (TPSA) is 124 Å². The van der Waals surface area contributed by atoms with Gasteiger partial charge in [-0.15, -0.1) is 11.3 Å². The zero-order valence-corrected chi connectivity index (χ0v) is 20.4. The van der Waals surface area contributed by atoms with E-state index in [1.54, 1.807) is 30.5 Å². The largest absolute Gasteiger partial charge is 0.478 e. The molecule has 0 fully saturated rings. The number of aromatic carboxylic acids is 1. The van der Waals surface area contributed by atoms with Crippen LogP contribution in [0.15, 0.2) is 64.7 Å². The van der Waals surface area contributed by atoms with E-state index in [0.29, 0.717) is 38.2 Å². The molecule has 178 valence electrons. The van der Waals surface area contributed by atoms with Crippen molar-refractivity contribution in [3.8, 4) is 0 Å². The minimum atomic E-state index is -3.90. The van der Waals surface area contributed by atoms with Crippen molar-refractivity contribution in [3.63, 3.8) is 0 Å². The van der Waals surface area contributed by atoms with Gasteiger partial charge in [0.15, 0.2) is 0 Å². The van der Waals surface area contributed by atoms with E-state index in [2.05, 4.69) is 10.1 Å². The van der Waals surface area contributed by atoms with Crippen LogP contribution in [0.4, 0.5) is 0 Å². The van der Waals surface area contributed by atoms with E-state index < -0.39 is 21.6 Å². The standard InChI is InChI=1S/C24H20N4O5S2/c1-3-17-22-21(23(29)27(2)26-17)20(24(30)31)19(34-22)11-14-13-28(18-9-10-25-12-16(14)18)35(32,33)15-7-5-4-6-8-15/h4-10,12-13H,3,11H2,1-2H3,(H,30,31). The number of aryl methyl sites for hydroxylation is 2. The summed E-state index contributed by atoms with van der Waals surface area (Å²) >= 11 is 1.21. The normalized spacial score (nSPS) is 11.9. The minimum Gasteiger partial charge on any atom is -0.478 e. The number of nitrogens with zero attached hydrogens (tertiary/aromatic N) is 4. The van der Waals surface area contributed by atoms with Crippen LogP contribution in [-0.4, -0.2) is 38.2 Å². The summed E-state index contributed by atoms with van der Waals surface area (Å²) in [6, 6.07) is 9.68. The van der Waals surface area contributed by atoms with Crippen molar-refractivity contribution >= 4 is 48.3 Å². The average Bonchev–Trinajstić information content (AvgIpc) is 3.42. The number of aromatic nitrogens is 4. The molecule has 4 heterocycles. The number of hydrogen-bond donors (Lipinski definition) is 1. The number of carboxylic acid groups (broad SMARTS) is 1. The molecule has 1 N–H and O–H groups in total. The molecule has 0 saturated carbocycles. The van der Waals surface area contributed by atoms with Crippen molar-refractivity contribution in [2.24, 2.45) is 7.05 Å². The zero-order chi connectivity index (χ0) is 24.9. The third kappa shape index (κ3) is 3.63. The molecule has 0 bridgehead atoms. The predicted molar refractivity (Wildman–Crippen MR) is 133 cm³/mol. The Morgan fingerprint density at radius 1 is 1.17 bits per heavy atom. The second kappa shape index (κ2) is 8.43. The van der Waals surface area contributed by atoms with Gasteiger partial charge in [-0.1, -0.05) is 25.1 Å². The molecule has 0 aliphatic rings. The van der Waals surface area contributed by atoms with Gasteiger partial charge in [0.25, 0.3) is 15.6 Å². The number of benzene rings is 1. The van der Waals surface area contributed by atoms with Gasteiger partial charge in [-0.05, 0) is 30.2 Å². The Kier molecular flexibility index (Phi) is 5.53. The maximum Gasteiger partial charge on any atom is 0.337 e. The SMILES string of the molecule is CCc1nn(C)c(=O)c2c(C(=O)O)c(Cc3cn(S(=O)(=O)c4ccccc4)c4ccncc34)sc12. The molecular weight excluding hydrogens is 488 g/mol. The van der Waals surface area contributed by atoms with E-state index in [0.717, 1.165) is 4.68 Å². The smallest absolute Gasteiger partial charge is 0.337 e. The second-order valence-electron chi connectivity index (χ2n) is 7.98. The molecule has 11 heteroatoms. The van der Waals surface area contributed by atoms with Crippen molar-refractivity contribution in [3.05, 3.63) is 87.0 Å². The van der Waals surface area contributed by atoms with E-state index in [-0.39, 0.29) is 22.3 Å². The third-order valence-electron chi connectivity index (χ3n) is 5.88. The Bertz CT molecular complexity index is 1780. The lowest BCUT2D eigenvalue weighted by molar-refractivity contribution is 0.0698. The van der Waals surface area contributed by atoms with Crippen LogP contribution in [-0.2, 0) is 29.9 Å². The van der Waals surface area contributed by atoms with Crippen molar-refractivity contribution in [1.82, 2.24) is 18.7 Å². The monoisotopic (exact) mass is 508 g/mol. The van der Waals surface area contributed by atoms with Crippen LogP contribution in [0.3, 0.4) is 0 Å². The number of rotatable bonds is 6. The first-order valence-electron chi connectivity index (χ1n) is 10.7. The summed E-state index contributed by atoms with van der Waals surface area (Å²) in [7, 11) is -2.40. The number of pyridine rings is 1. The van der Waals surface area contributed by atoms with Crippen LogP contribution in [0.1, 0.15) is 33.4 Å². The number of thiophene rings is 1. The van der Waals surface area contributed by atoms with Gasteiger partial charge in [-0.2, -0.15) is 5.10 Å². The first-order valence-corrected chi connectivity index (χ1v) is 13.0. The fourth-order valence-corrected chi connectivity index (χ4v) is 7.00. The van der Waals surface area contributed by atoms with Crippen molar-refractivity contribution in [2.45, 2.75) is 24.7 Å². The Morgan fingerprint density at radius 2 is 1.91 bits per heavy atom. The van der Waals surface area contributed by atoms with Crippen LogP contribution in [0, 0.1) is 0 Å². The highest BCUT2D eigenvalue weighted by atomic mass is 32.2. The number of carboxylic acids is 1. The van der Waals surface area contributed by atoms with Gasteiger partial charge in [0, 0.05) is 42.3 Å². The van der Waals surface area contributed by atoms with Gasteiger partial charge < -0.3 is 5.11 Å². The summed E-state index contributed by atoms with van der Waals surface area (Å²) in [6.07, 6.45) is 5.22. The van der Waals surface area contributed by atoms with Crippen molar-refractivity contribution in [2.75, 3.05) is 0 Å². The van der Waals surface area contributed by atoms with E-state index in [1.165, 1.54) is 46.9 Å². The minimum absolute atomic E-state index is 0.0709. The molecular formula is C24H20N4O5S2. The molecule has 4 aromatic heterocycles. The summed E-state index contributed by atoms with van der Waals surface area (Å²) < 4.78 is 29.7. The highest BCUT2D eigenvalue weighted by molar-refractivity contribution is 7.90. The van der Waals surface area contributed by atoms with Gasteiger partial charge in [-0.25, -0.2) is 21.9 Å². The van der Waals surface area contributed by atoms with Gasteiger partial charge in [0.1, 0.15) is 0 Å². The summed E-state index contributed by atoms with van der Waals surface area (Å²) in [5.74, 6) is -1.21. The molecule has 0 atom stereocenters. The van der Waals surface area contributed by atoms with Crippen molar-refractivity contribution < 1.29 is 18.3 Å².